The van der Waals surface area contributed by atoms with E-state index in [-0.39, 0.29) is 23.3 Å². The van der Waals surface area contributed by atoms with Crippen LogP contribution in [0.15, 0.2) is 42.5 Å². The number of nitrogens with zero attached hydrogens (tertiary/aromatic N) is 1. The van der Waals surface area contributed by atoms with Gasteiger partial charge in [-0.1, -0.05) is 29.8 Å². The molecule has 1 N–H and O–H groups in total. The second kappa shape index (κ2) is 6.76. The molecule has 1 aliphatic heterocycles. The number of benzene rings is 2. The molecule has 0 spiro atoms. The fourth-order valence-corrected chi connectivity index (χ4v) is 3.22. The summed E-state index contributed by atoms with van der Waals surface area (Å²) in [6, 6.07) is 11.8. The predicted molar refractivity (Wildman–Crippen MR) is 95.1 cm³/mol. The van der Waals surface area contributed by atoms with Crippen LogP contribution in [0, 0.1) is 0 Å². The van der Waals surface area contributed by atoms with Gasteiger partial charge in [-0.25, -0.2) is 4.79 Å². The highest BCUT2D eigenvalue weighted by atomic mass is 35.5. The van der Waals surface area contributed by atoms with E-state index in [0.29, 0.717) is 5.02 Å². The van der Waals surface area contributed by atoms with Gasteiger partial charge < -0.3 is 14.7 Å². The number of ether oxygens (including phenoxy) is 1. The molecule has 0 unspecified atom stereocenters. The van der Waals surface area contributed by atoms with Crippen molar-refractivity contribution in [1.82, 2.24) is 0 Å². The zero-order valence-electron chi connectivity index (χ0n) is 13.9. The maximum Gasteiger partial charge on any atom is 0.342 e. The first-order valence-corrected chi connectivity index (χ1v) is 8.36. The van der Waals surface area contributed by atoms with Crippen molar-refractivity contribution >= 4 is 29.2 Å². The van der Waals surface area contributed by atoms with Gasteiger partial charge in [0.15, 0.2) is 6.10 Å². The highest BCUT2D eigenvalue weighted by Crippen LogP contribution is 2.32. The molecule has 0 radical (unpaired) electrons. The smallest absolute Gasteiger partial charge is 0.342 e. The molecule has 0 bridgehead atoms. The number of para-hydroxylation sites is 1. The first-order chi connectivity index (χ1) is 11.9. The number of carbonyl (C=O) groups excluding carboxylic acids is 2. The Labute approximate surface area is 150 Å². The third-order valence-electron chi connectivity index (χ3n) is 4.25. The van der Waals surface area contributed by atoms with Gasteiger partial charge in [-0.15, -0.1) is 0 Å². The maximum atomic E-state index is 12.8. The average molecular weight is 360 g/mol. The van der Waals surface area contributed by atoms with Crippen molar-refractivity contribution in [3.8, 4) is 5.75 Å². The zero-order valence-corrected chi connectivity index (χ0v) is 14.7. The van der Waals surface area contributed by atoms with Gasteiger partial charge in [0.1, 0.15) is 11.3 Å². The number of anilines is 1. The largest absolute Gasteiger partial charge is 0.507 e. The van der Waals surface area contributed by atoms with Gasteiger partial charge in [0.25, 0.3) is 5.91 Å². The van der Waals surface area contributed by atoms with E-state index in [9.17, 15) is 14.7 Å². The molecular formula is C19H18ClNO4. The zero-order chi connectivity index (χ0) is 18.1. The van der Waals surface area contributed by atoms with Crippen LogP contribution in [0.2, 0.25) is 5.02 Å². The van der Waals surface area contributed by atoms with Crippen molar-refractivity contribution < 1.29 is 19.4 Å². The summed E-state index contributed by atoms with van der Waals surface area (Å²) in [6.07, 6.45) is -0.225. The number of hydrogen-bond acceptors (Lipinski definition) is 4. The second-order valence-electron chi connectivity index (χ2n) is 6.10. The highest BCUT2D eigenvalue weighted by molar-refractivity contribution is 6.31. The third-order valence-corrected chi connectivity index (χ3v) is 4.49. The lowest BCUT2D eigenvalue weighted by Crippen LogP contribution is -2.43. The van der Waals surface area contributed by atoms with Crippen LogP contribution < -0.4 is 4.90 Å². The van der Waals surface area contributed by atoms with Gasteiger partial charge in [-0.3, -0.25) is 4.79 Å². The van der Waals surface area contributed by atoms with Gasteiger partial charge in [-0.05, 0) is 50.1 Å². The minimum Gasteiger partial charge on any atom is -0.507 e. The first-order valence-electron chi connectivity index (χ1n) is 7.99. The fourth-order valence-electron chi connectivity index (χ4n) is 3.04. The topological polar surface area (TPSA) is 66.8 Å². The number of phenolic OH excluding ortho intramolecular Hbond substituents is 1. The number of rotatable bonds is 3. The third kappa shape index (κ3) is 3.33. The molecule has 2 aromatic rings. The van der Waals surface area contributed by atoms with E-state index in [1.807, 2.05) is 31.2 Å². The van der Waals surface area contributed by atoms with Crippen LogP contribution in [0.1, 0.15) is 29.8 Å². The Hall–Kier alpha value is -2.53. The molecule has 1 amide bonds. The van der Waals surface area contributed by atoms with Gasteiger partial charge in [0.05, 0.1) is 0 Å². The maximum absolute atomic E-state index is 12.8. The normalized spacial score (nSPS) is 17.1. The number of amides is 1. The summed E-state index contributed by atoms with van der Waals surface area (Å²) in [4.78, 5) is 26.7. The van der Waals surface area contributed by atoms with Crippen molar-refractivity contribution in [3.63, 3.8) is 0 Å². The van der Waals surface area contributed by atoms with E-state index in [1.54, 1.807) is 4.90 Å². The summed E-state index contributed by atoms with van der Waals surface area (Å²) < 4.78 is 5.26. The Morgan fingerprint density at radius 2 is 2.00 bits per heavy atom. The van der Waals surface area contributed by atoms with Crippen molar-refractivity contribution in [3.05, 3.63) is 58.6 Å². The molecule has 1 aliphatic rings. The molecule has 0 aliphatic carbocycles. The Kier molecular flexibility index (Phi) is 4.68. The van der Waals surface area contributed by atoms with E-state index in [0.717, 1.165) is 17.7 Å². The van der Waals surface area contributed by atoms with E-state index < -0.39 is 12.1 Å². The van der Waals surface area contributed by atoms with Crippen LogP contribution in [0.3, 0.4) is 0 Å². The van der Waals surface area contributed by atoms with Crippen LogP contribution >= 0.6 is 11.6 Å². The minimum atomic E-state index is -0.987. The number of fused-ring (bicyclic) bond motifs is 1. The number of halogens is 1. The molecule has 0 saturated carbocycles. The van der Waals surface area contributed by atoms with E-state index in [2.05, 4.69) is 0 Å². The molecular weight excluding hydrogens is 342 g/mol. The van der Waals surface area contributed by atoms with Gasteiger partial charge in [-0.2, -0.15) is 0 Å². The standard InChI is InChI=1S/C19H18ClNO4/c1-11-9-13-5-3-4-6-16(13)21(11)18(23)12(2)25-19(24)15-10-14(20)7-8-17(15)22/h3-8,10-12,22H,9H2,1-2H3/t11-,12-/m0/s1. The molecule has 0 saturated heterocycles. The van der Waals surface area contributed by atoms with E-state index in [1.165, 1.54) is 25.1 Å². The number of esters is 1. The van der Waals surface area contributed by atoms with Gasteiger partial charge in [0.2, 0.25) is 0 Å². The van der Waals surface area contributed by atoms with Crippen LogP contribution in [-0.2, 0) is 16.0 Å². The average Bonchev–Trinajstić information content (AvgIpc) is 2.91. The Bertz CT molecular complexity index is 836. The molecule has 3 rings (SSSR count). The quantitative estimate of drug-likeness (QED) is 0.851. The van der Waals surface area contributed by atoms with E-state index >= 15 is 0 Å². The summed E-state index contributed by atoms with van der Waals surface area (Å²) in [5.74, 6) is -1.33. The lowest BCUT2D eigenvalue weighted by atomic mass is 10.1. The van der Waals surface area contributed by atoms with Crippen molar-refractivity contribution in [1.29, 1.82) is 0 Å². The number of aromatic hydroxyl groups is 1. The Morgan fingerprint density at radius 1 is 1.28 bits per heavy atom. The molecule has 1 heterocycles. The molecule has 0 aromatic heterocycles. The van der Waals surface area contributed by atoms with Crippen LogP contribution in [0.25, 0.3) is 0 Å². The summed E-state index contributed by atoms with van der Waals surface area (Å²) in [6.45, 7) is 3.48. The van der Waals surface area contributed by atoms with Crippen LogP contribution in [0.5, 0.6) is 5.75 Å². The Morgan fingerprint density at radius 3 is 2.76 bits per heavy atom. The first kappa shape index (κ1) is 17.3. The lowest BCUT2D eigenvalue weighted by Gasteiger charge is -2.26. The number of hydrogen-bond donors (Lipinski definition) is 1. The van der Waals surface area contributed by atoms with Crippen molar-refractivity contribution in [2.75, 3.05) is 4.90 Å². The molecule has 6 heteroatoms. The SMILES string of the molecule is C[C@H](OC(=O)c1cc(Cl)ccc1O)C(=O)N1c2ccccc2C[C@@H]1C. The van der Waals surface area contributed by atoms with E-state index in [4.69, 9.17) is 16.3 Å². The second-order valence-corrected chi connectivity index (χ2v) is 6.54. The summed E-state index contributed by atoms with van der Waals surface area (Å²) in [5.41, 5.74) is 1.87. The summed E-state index contributed by atoms with van der Waals surface area (Å²) in [7, 11) is 0. The molecule has 2 atom stereocenters. The molecule has 25 heavy (non-hydrogen) atoms. The molecule has 5 nitrogen and oxygen atoms in total. The predicted octanol–water partition coefficient (Wildman–Crippen LogP) is 3.57. The lowest BCUT2D eigenvalue weighted by molar-refractivity contribution is -0.126. The van der Waals surface area contributed by atoms with Gasteiger partial charge in [0, 0.05) is 16.8 Å². The van der Waals surface area contributed by atoms with Crippen LogP contribution in [-0.4, -0.2) is 29.1 Å². The number of carbonyl (C=O) groups is 2. The molecule has 0 fully saturated rings. The Balaban J connectivity index is 1.77. The van der Waals surface area contributed by atoms with Gasteiger partial charge >= 0.3 is 5.97 Å². The molecule has 130 valence electrons. The number of phenols is 1. The van der Waals surface area contributed by atoms with Crippen molar-refractivity contribution in [2.24, 2.45) is 0 Å². The minimum absolute atomic E-state index is 0.00868. The fraction of sp³-hybridized carbons (Fsp3) is 0.263. The van der Waals surface area contributed by atoms with Crippen molar-refractivity contribution in [2.45, 2.75) is 32.4 Å². The molecule has 2 aromatic carbocycles. The summed E-state index contributed by atoms with van der Waals surface area (Å²) in [5, 5.41) is 10.1. The van der Waals surface area contributed by atoms with Crippen LogP contribution in [0.4, 0.5) is 5.69 Å². The highest BCUT2D eigenvalue weighted by Gasteiger charge is 2.34. The summed E-state index contributed by atoms with van der Waals surface area (Å²) >= 11 is 5.84. The monoisotopic (exact) mass is 359 g/mol.